The van der Waals surface area contributed by atoms with Crippen LogP contribution >= 0.6 is 11.3 Å². The van der Waals surface area contributed by atoms with E-state index in [4.69, 9.17) is 0 Å². The first-order valence-electron chi connectivity index (χ1n) is 7.19. The second-order valence-electron chi connectivity index (χ2n) is 5.44. The van der Waals surface area contributed by atoms with Gasteiger partial charge in [0.1, 0.15) is 0 Å². The number of carbonyl (C=O) groups excluding carboxylic acids is 1. The number of hydrogen-bond acceptors (Lipinski definition) is 4. The van der Waals surface area contributed by atoms with Crippen LogP contribution in [-0.2, 0) is 0 Å². The van der Waals surface area contributed by atoms with Crippen LogP contribution in [0.5, 0.6) is 0 Å². The van der Waals surface area contributed by atoms with Crippen LogP contribution in [0.15, 0.2) is 29.6 Å². The second kappa shape index (κ2) is 5.95. The highest BCUT2D eigenvalue weighted by molar-refractivity contribution is 7.09. The molecular formula is C16H19N3OS. The lowest BCUT2D eigenvalue weighted by molar-refractivity contribution is 0.0709. The maximum Gasteiger partial charge on any atom is 0.253 e. The van der Waals surface area contributed by atoms with Crippen molar-refractivity contribution in [2.75, 3.05) is 19.6 Å². The summed E-state index contributed by atoms with van der Waals surface area (Å²) in [6, 6.07) is 8.13. The molecule has 1 atom stereocenters. The van der Waals surface area contributed by atoms with Crippen LogP contribution in [0, 0.1) is 6.92 Å². The van der Waals surface area contributed by atoms with Gasteiger partial charge in [-0.15, -0.1) is 11.3 Å². The van der Waals surface area contributed by atoms with E-state index in [0.717, 1.165) is 41.5 Å². The predicted molar refractivity (Wildman–Crippen MR) is 85.7 cm³/mol. The molecule has 1 saturated heterocycles. The lowest BCUT2D eigenvalue weighted by Crippen LogP contribution is -2.51. The minimum Gasteiger partial charge on any atom is -0.336 e. The fraction of sp³-hybridized carbons (Fsp3) is 0.375. The van der Waals surface area contributed by atoms with E-state index in [-0.39, 0.29) is 5.91 Å². The van der Waals surface area contributed by atoms with Crippen LogP contribution in [0.3, 0.4) is 0 Å². The minimum absolute atomic E-state index is 0.108. The van der Waals surface area contributed by atoms with Gasteiger partial charge in [-0.2, -0.15) is 0 Å². The molecule has 0 saturated carbocycles. The molecule has 0 radical (unpaired) electrons. The molecular weight excluding hydrogens is 282 g/mol. The van der Waals surface area contributed by atoms with Gasteiger partial charge in [-0.1, -0.05) is 12.1 Å². The Balaban J connectivity index is 1.84. The molecule has 1 N–H and O–H groups in total. The number of rotatable bonds is 2. The fourth-order valence-corrected chi connectivity index (χ4v) is 3.23. The third-order valence-corrected chi connectivity index (χ3v) is 4.45. The van der Waals surface area contributed by atoms with Crippen molar-refractivity contribution in [3.63, 3.8) is 0 Å². The summed E-state index contributed by atoms with van der Waals surface area (Å²) in [6.07, 6.45) is 0. The Morgan fingerprint density at radius 3 is 3.05 bits per heavy atom. The zero-order valence-electron chi connectivity index (χ0n) is 12.3. The van der Waals surface area contributed by atoms with E-state index in [1.165, 1.54) is 0 Å². The summed E-state index contributed by atoms with van der Waals surface area (Å²) in [7, 11) is 0. The van der Waals surface area contributed by atoms with E-state index in [1.54, 1.807) is 11.3 Å². The van der Waals surface area contributed by atoms with E-state index in [0.29, 0.717) is 6.04 Å². The Kier molecular flexibility index (Phi) is 4.03. The van der Waals surface area contributed by atoms with Crippen LogP contribution in [0.4, 0.5) is 0 Å². The zero-order valence-corrected chi connectivity index (χ0v) is 13.1. The molecule has 0 unspecified atom stereocenters. The smallest absolute Gasteiger partial charge is 0.253 e. The summed E-state index contributed by atoms with van der Waals surface area (Å²) in [5, 5.41) is 6.43. The molecule has 1 aliphatic heterocycles. The molecule has 0 bridgehead atoms. The van der Waals surface area contributed by atoms with E-state index in [2.05, 4.69) is 17.2 Å². The van der Waals surface area contributed by atoms with Gasteiger partial charge >= 0.3 is 0 Å². The number of amides is 1. The summed E-state index contributed by atoms with van der Waals surface area (Å²) in [5.74, 6) is 0.108. The number of aryl methyl sites for hydroxylation is 1. The number of carbonyl (C=O) groups is 1. The highest BCUT2D eigenvalue weighted by Crippen LogP contribution is 2.23. The van der Waals surface area contributed by atoms with Crippen LogP contribution < -0.4 is 5.32 Å². The summed E-state index contributed by atoms with van der Waals surface area (Å²) in [6.45, 7) is 6.49. The molecule has 5 heteroatoms. The molecule has 1 fully saturated rings. The molecule has 2 heterocycles. The van der Waals surface area contributed by atoms with Crippen molar-refractivity contribution in [3.05, 3.63) is 40.2 Å². The summed E-state index contributed by atoms with van der Waals surface area (Å²) >= 11 is 1.63. The van der Waals surface area contributed by atoms with Crippen molar-refractivity contribution in [3.8, 4) is 11.3 Å². The van der Waals surface area contributed by atoms with Gasteiger partial charge in [-0.05, 0) is 26.0 Å². The molecule has 0 aliphatic carbocycles. The molecule has 110 valence electrons. The number of aromatic nitrogens is 1. The number of piperazine rings is 1. The van der Waals surface area contributed by atoms with E-state index < -0.39 is 0 Å². The second-order valence-corrected chi connectivity index (χ2v) is 6.50. The fourth-order valence-electron chi connectivity index (χ4n) is 2.61. The van der Waals surface area contributed by atoms with Gasteiger partial charge in [0.15, 0.2) is 0 Å². The maximum atomic E-state index is 12.6. The van der Waals surface area contributed by atoms with Gasteiger partial charge in [-0.3, -0.25) is 4.79 Å². The van der Waals surface area contributed by atoms with Crippen molar-refractivity contribution in [2.24, 2.45) is 0 Å². The Morgan fingerprint density at radius 1 is 1.48 bits per heavy atom. The number of nitrogens with zero attached hydrogens (tertiary/aromatic N) is 2. The van der Waals surface area contributed by atoms with E-state index >= 15 is 0 Å². The van der Waals surface area contributed by atoms with E-state index in [1.807, 2.05) is 41.5 Å². The molecule has 3 rings (SSSR count). The first-order chi connectivity index (χ1) is 10.1. The third-order valence-electron chi connectivity index (χ3n) is 3.68. The highest BCUT2D eigenvalue weighted by Gasteiger charge is 2.21. The Morgan fingerprint density at radius 2 is 2.33 bits per heavy atom. The normalized spacial score (nSPS) is 18.8. The summed E-state index contributed by atoms with van der Waals surface area (Å²) in [4.78, 5) is 19.0. The molecule has 1 aliphatic rings. The maximum absolute atomic E-state index is 12.6. The Labute approximate surface area is 128 Å². The van der Waals surface area contributed by atoms with Crippen molar-refractivity contribution in [1.29, 1.82) is 0 Å². The van der Waals surface area contributed by atoms with Gasteiger partial charge in [-0.25, -0.2) is 4.98 Å². The minimum atomic E-state index is 0.108. The number of hydrogen-bond donors (Lipinski definition) is 1. The van der Waals surface area contributed by atoms with Gasteiger partial charge in [0.25, 0.3) is 5.91 Å². The zero-order chi connectivity index (χ0) is 14.8. The van der Waals surface area contributed by atoms with Crippen molar-refractivity contribution >= 4 is 17.2 Å². The van der Waals surface area contributed by atoms with Crippen LogP contribution in [0.1, 0.15) is 22.3 Å². The van der Waals surface area contributed by atoms with Gasteiger partial charge in [0, 0.05) is 42.2 Å². The molecule has 21 heavy (non-hydrogen) atoms. The Hall–Kier alpha value is -1.72. The molecule has 1 aromatic heterocycles. The summed E-state index contributed by atoms with van der Waals surface area (Å²) < 4.78 is 0. The average Bonchev–Trinajstić information content (AvgIpc) is 2.93. The average molecular weight is 301 g/mol. The monoisotopic (exact) mass is 301 g/mol. The van der Waals surface area contributed by atoms with Gasteiger partial charge in [0.05, 0.1) is 10.7 Å². The molecule has 1 amide bonds. The predicted octanol–water partition coefficient (Wildman–Crippen LogP) is 2.55. The highest BCUT2D eigenvalue weighted by atomic mass is 32.1. The SMILES string of the molecule is Cc1nc(-c2cccc(C(=O)N3CCN[C@H](C)C3)c2)cs1. The topological polar surface area (TPSA) is 45.2 Å². The van der Waals surface area contributed by atoms with Crippen LogP contribution in [0.2, 0.25) is 0 Å². The number of thiazole rings is 1. The number of nitrogens with one attached hydrogen (secondary N) is 1. The quantitative estimate of drug-likeness (QED) is 0.927. The van der Waals surface area contributed by atoms with Crippen molar-refractivity contribution in [2.45, 2.75) is 19.9 Å². The third kappa shape index (κ3) is 3.14. The molecule has 0 spiro atoms. The van der Waals surface area contributed by atoms with Crippen molar-refractivity contribution in [1.82, 2.24) is 15.2 Å². The molecule has 4 nitrogen and oxygen atoms in total. The first kappa shape index (κ1) is 14.2. The van der Waals surface area contributed by atoms with Gasteiger partial charge < -0.3 is 10.2 Å². The first-order valence-corrected chi connectivity index (χ1v) is 8.06. The largest absolute Gasteiger partial charge is 0.336 e. The standard InChI is InChI=1S/C16H19N3OS/c1-11-9-19(7-6-17-11)16(20)14-5-3-4-13(8-14)15-10-21-12(2)18-15/h3-5,8,10-11,17H,6-7,9H2,1-2H3/t11-/m1/s1. The lowest BCUT2D eigenvalue weighted by Gasteiger charge is -2.32. The molecule has 1 aromatic carbocycles. The van der Waals surface area contributed by atoms with Crippen molar-refractivity contribution < 1.29 is 4.79 Å². The van der Waals surface area contributed by atoms with Crippen LogP contribution in [0.25, 0.3) is 11.3 Å². The van der Waals surface area contributed by atoms with Gasteiger partial charge in [0.2, 0.25) is 0 Å². The lowest BCUT2D eigenvalue weighted by atomic mass is 10.1. The summed E-state index contributed by atoms with van der Waals surface area (Å²) in [5.41, 5.74) is 2.70. The van der Waals surface area contributed by atoms with Crippen LogP contribution in [-0.4, -0.2) is 41.5 Å². The molecule has 2 aromatic rings. The van der Waals surface area contributed by atoms with E-state index in [9.17, 15) is 4.79 Å². The Bertz CT molecular complexity index is 652. The number of benzene rings is 1.